The minimum absolute atomic E-state index is 1.09. The molecule has 0 saturated carbocycles. The second kappa shape index (κ2) is 10.6. The third-order valence-electron chi connectivity index (χ3n) is 6.05. The largest absolute Gasteiger partial charge is 0.311 e. The van der Waals surface area contributed by atoms with Crippen LogP contribution in [0.15, 0.2) is 138 Å². The average molecular weight is 514 g/mol. The molecule has 5 aromatic carbocycles. The lowest BCUT2D eigenvalue weighted by molar-refractivity contribution is 1.28. The highest BCUT2D eigenvalue weighted by atomic mass is 79.9. The van der Waals surface area contributed by atoms with Crippen molar-refractivity contribution in [1.29, 1.82) is 0 Å². The molecule has 0 aliphatic carbocycles. The van der Waals surface area contributed by atoms with E-state index < -0.39 is 0 Å². The van der Waals surface area contributed by atoms with Crippen LogP contribution in [0, 0.1) is 0 Å². The van der Waals surface area contributed by atoms with Gasteiger partial charge in [-0.2, -0.15) is 0 Å². The first-order valence-electron chi connectivity index (χ1n) is 11.8. The monoisotopic (exact) mass is 513 g/mol. The summed E-state index contributed by atoms with van der Waals surface area (Å²) in [4.78, 5) is 2.31. The quantitative estimate of drug-likeness (QED) is 0.205. The van der Waals surface area contributed by atoms with E-state index in [1.807, 2.05) is 7.85 Å². The summed E-state index contributed by atoms with van der Waals surface area (Å²) in [5.74, 6) is 2.07. The summed E-state index contributed by atoms with van der Waals surface area (Å²) in [5, 5.41) is 0. The van der Waals surface area contributed by atoms with Crippen LogP contribution < -0.4 is 4.90 Å². The zero-order chi connectivity index (χ0) is 24.0. The van der Waals surface area contributed by atoms with Crippen LogP contribution in [0.2, 0.25) is 0 Å². The number of hydrogen-bond donors (Lipinski definition) is 0. The Balaban J connectivity index is 1.53. The normalized spacial score (nSPS) is 11.0. The van der Waals surface area contributed by atoms with E-state index in [9.17, 15) is 0 Å². The van der Waals surface area contributed by atoms with Gasteiger partial charge in [0.1, 0.15) is 7.85 Å². The molecule has 0 bridgehead atoms. The topological polar surface area (TPSA) is 3.24 Å². The van der Waals surface area contributed by atoms with E-state index in [1.54, 1.807) is 0 Å². The van der Waals surface area contributed by atoms with Crippen molar-refractivity contribution >= 4 is 46.9 Å². The standard InChI is InChI=1S/C32H25BBrN/c33-23-22-24-6-16-30(17-7-24)35(31-18-10-27(11-19-31)25-4-2-1-3-5-25)32-20-12-28(13-21-32)26-8-14-29(34)15-9-26/h1-23H,33H2. The minimum Gasteiger partial charge on any atom is -0.311 e. The van der Waals surface area contributed by atoms with Gasteiger partial charge in [-0.3, -0.25) is 0 Å². The molecule has 35 heavy (non-hydrogen) atoms. The van der Waals surface area contributed by atoms with E-state index in [2.05, 4.69) is 160 Å². The molecule has 0 aromatic heterocycles. The molecule has 1 nitrogen and oxygen atoms in total. The Bertz CT molecular complexity index is 1410. The molecule has 0 aliphatic rings. The number of benzene rings is 5. The first-order chi connectivity index (χ1) is 17.2. The summed E-state index contributed by atoms with van der Waals surface area (Å²) < 4.78 is 1.09. The number of halogens is 1. The summed E-state index contributed by atoms with van der Waals surface area (Å²) in [6.45, 7) is 0. The molecule has 0 atom stereocenters. The maximum atomic E-state index is 3.52. The Hall–Kier alpha value is -3.82. The Morgan fingerprint density at radius 2 is 0.886 bits per heavy atom. The summed E-state index contributed by atoms with van der Waals surface area (Å²) in [7, 11) is 2.04. The molecular weight excluding hydrogens is 489 g/mol. The van der Waals surface area contributed by atoms with E-state index in [0.717, 1.165) is 21.5 Å². The fourth-order valence-electron chi connectivity index (χ4n) is 4.25. The maximum Gasteiger partial charge on any atom is 0.129 e. The van der Waals surface area contributed by atoms with Crippen molar-refractivity contribution in [1.82, 2.24) is 0 Å². The van der Waals surface area contributed by atoms with Crippen molar-refractivity contribution in [3.63, 3.8) is 0 Å². The van der Waals surface area contributed by atoms with E-state index in [4.69, 9.17) is 0 Å². The molecule has 168 valence electrons. The highest BCUT2D eigenvalue weighted by molar-refractivity contribution is 9.10. The number of hydrogen-bond acceptors (Lipinski definition) is 1. The van der Waals surface area contributed by atoms with Crippen LogP contribution in [0.4, 0.5) is 17.1 Å². The molecule has 5 aromatic rings. The second-order valence-corrected chi connectivity index (χ2v) is 9.31. The fourth-order valence-corrected chi connectivity index (χ4v) is 4.52. The van der Waals surface area contributed by atoms with Crippen molar-refractivity contribution in [2.24, 2.45) is 0 Å². The predicted molar refractivity (Wildman–Crippen MR) is 157 cm³/mol. The van der Waals surface area contributed by atoms with Crippen LogP contribution in [0.5, 0.6) is 0 Å². The molecule has 0 saturated heterocycles. The molecule has 0 spiro atoms. The van der Waals surface area contributed by atoms with E-state index in [-0.39, 0.29) is 0 Å². The lowest BCUT2D eigenvalue weighted by Crippen LogP contribution is -2.09. The van der Waals surface area contributed by atoms with Gasteiger partial charge in [-0.15, -0.1) is 5.98 Å². The van der Waals surface area contributed by atoms with E-state index in [1.165, 1.54) is 27.8 Å². The van der Waals surface area contributed by atoms with Gasteiger partial charge in [-0.25, -0.2) is 0 Å². The zero-order valence-electron chi connectivity index (χ0n) is 19.6. The smallest absolute Gasteiger partial charge is 0.129 e. The first kappa shape index (κ1) is 23.0. The van der Waals surface area contributed by atoms with Crippen molar-refractivity contribution < 1.29 is 0 Å². The SMILES string of the molecule is BC=Cc1ccc(N(c2ccc(-c3ccccc3)cc2)c2ccc(-c3ccc(Br)cc3)cc2)cc1. The Morgan fingerprint density at radius 1 is 0.486 bits per heavy atom. The van der Waals surface area contributed by atoms with Gasteiger partial charge in [-0.1, -0.05) is 101 Å². The Kier molecular flexibility index (Phi) is 6.97. The summed E-state index contributed by atoms with van der Waals surface area (Å²) in [6.07, 6.45) is 2.12. The highest BCUT2D eigenvalue weighted by Gasteiger charge is 2.13. The maximum absolute atomic E-state index is 3.52. The van der Waals surface area contributed by atoms with Gasteiger partial charge in [0.25, 0.3) is 0 Å². The molecule has 0 N–H and O–H groups in total. The first-order valence-corrected chi connectivity index (χ1v) is 12.5. The Morgan fingerprint density at radius 3 is 1.34 bits per heavy atom. The molecule has 0 fully saturated rings. The third-order valence-corrected chi connectivity index (χ3v) is 6.57. The van der Waals surface area contributed by atoms with Crippen LogP contribution in [0.1, 0.15) is 5.56 Å². The van der Waals surface area contributed by atoms with Gasteiger partial charge in [0, 0.05) is 21.5 Å². The molecule has 3 heteroatoms. The molecule has 0 radical (unpaired) electrons. The van der Waals surface area contributed by atoms with Gasteiger partial charge in [-0.05, 0) is 76.3 Å². The van der Waals surface area contributed by atoms with Crippen LogP contribution in [-0.2, 0) is 0 Å². The zero-order valence-corrected chi connectivity index (χ0v) is 21.2. The van der Waals surface area contributed by atoms with Crippen LogP contribution in [-0.4, -0.2) is 7.85 Å². The number of nitrogens with zero attached hydrogens (tertiary/aromatic N) is 1. The number of rotatable bonds is 6. The molecular formula is C32H25BBrN. The molecule has 0 heterocycles. The van der Waals surface area contributed by atoms with Crippen molar-refractivity contribution in [3.05, 3.63) is 143 Å². The fraction of sp³-hybridized carbons (Fsp3) is 0. The van der Waals surface area contributed by atoms with Crippen molar-refractivity contribution in [3.8, 4) is 22.3 Å². The van der Waals surface area contributed by atoms with Gasteiger partial charge in [0.15, 0.2) is 0 Å². The minimum atomic E-state index is 1.09. The van der Waals surface area contributed by atoms with Gasteiger partial charge in [0.05, 0.1) is 0 Å². The molecule has 0 aliphatic heterocycles. The average Bonchev–Trinajstić information content (AvgIpc) is 2.92. The van der Waals surface area contributed by atoms with Gasteiger partial charge in [0.2, 0.25) is 0 Å². The molecule has 0 amide bonds. The Labute approximate surface area is 216 Å². The summed E-state index contributed by atoms with van der Waals surface area (Å²) in [6, 6.07) is 45.2. The summed E-state index contributed by atoms with van der Waals surface area (Å²) >= 11 is 3.52. The van der Waals surface area contributed by atoms with Crippen LogP contribution >= 0.6 is 15.9 Å². The van der Waals surface area contributed by atoms with E-state index >= 15 is 0 Å². The van der Waals surface area contributed by atoms with Crippen LogP contribution in [0.25, 0.3) is 28.3 Å². The predicted octanol–water partition coefficient (Wildman–Crippen LogP) is 8.86. The summed E-state index contributed by atoms with van der Waals surface area (Å²) in [5.41, 5.74) is 9.40. The molecule has 5 rings (SSSR count). The van der Waals surface area contributed by atoms with Crippen molar-refractivity contribution in [2.45, 2.75) is 0 Å². The van der Waals surface area contributed by atoms with Gasteiger partial charge >= 0.3 is 0 Å². The lowest BCUT2D eigenvalue weighted by Gasteiger charge is -2.26. The van der Waals surface area contributed by atoms with Crippen molar-refractivity contribution in [2.75, 3.05) is 4.90 Å². The highest BCUT2D eigenvalue weighted by Crippen LogP contribution is 2.37. The molecule has 0 unspecified atom stereocenters. The van der Waals surface area contributed by atoms with Gasteiger partial charge < -0.3 is 4.90 Å². The second-order valence-electron chi connectivity index (χ2n) is 8.39. The van der Waals surface area contributed by atoms with E-state index in [0.29, 0.717) is 0 Å². The lowest BCUT2D eigenvalue weighted by atomic mass is 10.0. The van der Waals surface area contributed by atoms with Crippen LogP contribution in [0.3, 0.4) is 0 Å². The third kappa shape index (κ3) is 5.31. The number of anilines is 3.